The molecule has 1 fully saturated rings. The van der Waals surface area contributed by atoms with E-state index in [0.29, 0.717) is 6.04 Å². The van der Waals surface area contributed by atoms with Gasteiger partial charge < -0.3 is 10.7 Å². The Hall–Kier alpha value is -0.870. The van der Waals surface area contributed by atoms with Crippen LogP contribution >= 0.6 is 0 Å². The summed E-state index contributed by atoms with van der Waals surface area (Å²) in [5.74, 6) is 0.867. The summed E-state index contributed by atoms with van der Waals surface area (Å²) >= 11 is 0. The predicted octanol–water partition coefficient (Wildman–Crippen LogP) is 1.36. The van der Waals surface area contributed by atoms with Crippen LogP contribution in [0.25, 0.3) is 0 Å². The SMILES string of the molecule is CCC1CCN(Cc2cnc[nH]2)C(CN)C1. The van der Waals surface area contributed by atoms with Crippen molar-refractivity contribution < 1.29 is 0 Å². The van der Waals surface area contributed by atoms with Gasteiger partial charge in [-0.1, -0.05) is 13.3 Å². The van der Waals surface area contributed by atoms with Crippen LogP contribution in [0.1, 0.15) is 31.9 Å². The van der Waals surface area contributed by atoms with E-state index in [1.54, 1.807) is 6.33 Å². The van der Waals surface area contributed by atoms with Crippen LogP contribution in [0.5, 0.6) is 0 Å². The first-order valence-electron chi connectivity index (χ1n) is 6.24. The van der Waals surface area contributed by atoms with Crippen molar-refractivity contribution in [2.24, 2.45) is 11.7 Å². The largest absolute Gasteiger partial charge is 0.347 e. The van der Waals surface area contributed by atoms with E-state index in [1.165, 1.54) is 31.5 Å². The molecule has 0 aliphatic carbocycles. The molecular formula is C12H22N4. The standard InChI is InChI=1S/C12H22N4/c1-2-10-3-4-16(12(5-10)6-13)8-11-7-14-9-15-11/h7,9-10,12H,2-6,8,13H2,1H3,(H,14,15). The minimum absolute atomic E-state index is 0.544. The van der Waals surface area contributed by atoms with Gasteiger partial charge in [0.2, 0.25) is 0 Å². The molecule has 1 aliphatic heterocycles. The van der Waals surface area contributed by atoms with Crippen LogP contribution < -0.4 is 5.73 Å². The lowest BCUT2D eigenvalue weighted by atomic mass is 9.89. The van der Waals surface area contributed by atoms with Crippen LogP contribution in [0.4, 0.5) is 0 Å². The van der Waals surface area contributed by atoms with E-state index in [0.717, 1.165) is 19.0 Å². The maximum Gasteiger partial charge on any atom is 0.0922 e. The predicted molar refractivity (Wildman–Crippen MR) is 64.9 cm³/mol. The zero-order chi connectivity index (χ0) is 11.4. The first-order valence-corrected chi connectivity index (χ1v) is 6.24. The van der Waals surface area contributed by atoms with Crippen molar-refractivity contribution in [1.29, 1.82) is 0 Å². The Bertz CT molecular complexity index is 296. The van der Waals surface area contributed by atoms with E-state index >= 15 is 0 Å². The number of rotatable bonds is 4. The maximum absolute atomic E-state index is 5.87. The van der Waals surface area contributed by atoms with Gasteiger partial charge in [0.05, 0.1) is 6.33 Å². The van der Waals surface area contributed by atoms with E-state index in [9.17, 15) is 0 Å². The van der Waals surface area contributed by atoms with Crippen LogP contribution in [0, 0.1) is 5.92 Å². The number of likely N-dealkylation sites (tertiary alicyclic amines) is 1. The number of hydrogen-bond acceptors (Lipinski definition) is 3. The number of nitrogens with one attached hydrogen (secondary N) is 1. The number of piperidine rings is 1. The van der Waals surface area contributed by atoms with Gasteiger partial charge in [-0.15, -0.1) is 0 Å². The molecule has 3 N–H and O–H groups in total. The third kappa shape index (κ3) is 2.62. The number of nitrogens with zero attached hydrogens (tertiary/aromatic N) is 2. The minimum Gasteiger partial charge on any atom is -0.347 e. The van der Waals surface area contributed by atoms with Crippen molar-refractivity contribution in [3.05, 3.63) is 18.2 Å². The van der Waals surface area contributed by atoms with Crippen molar-refractivity contribution in [1.82, 2.24) is 14.9 Å². The zero-order valence-electron chi connectivity index (χ0n) is 10.0. The highest BCUT2D eigenvalue weighted by Gasteiger charge is 2.26. The molecule has 1 aromatic rings. The van der Waals surface area contributed by atoms with Crippen LogP contribution in [0.15, 0.2) is 12.5 Å². The first kappa shape index (κ1) is 11.6. The van der Waals surface area contributed by atoms with Crippen LogP contribution in [-0.4, -0.2) is 34.0 Å². The fraction of sp³-hybridized carbons (Fsp3) is 0.750. The summed E-state index contributed by atoms with van der Waals surface area (Å²) in [5.41, 5.74) is 7.06. The summed E-state index contributed by atoms with van der Waals surface area (Å²) in [5, 5.41) is 0. The molecule has 0 amide bonds. The van der Waals surface area contributed by atoms with Gasteiger partial charge >= 0.3 is 0 Å². The average Bonchev–Trinajstić information content (AvgIpc) is 2.82. The van der Waals surface area contributed by atoms with Crippen molar-refractivity contribution in [2.75, 3.05) is 13.1 Å². The first-order chi connectivity index (χ1) is 7.83. The third-order valence-corrected chi connectivity index (χ3v) is 3.72. The van der Waals surface area contributed by atoms with Crippen LogP contribution in [0.2, 0.25) is 0 Å². The Kier molecular flexibility index (Phi) is 3.96. The average molecular weight is 222 g/mol. The molecular weight excluding hydrogens is 200 g/mol. The van der Waals surface area contributed by atoms with Gasteiger partial charge in [-0.05, 0) is 25.3 Å². The van der Waals surface area contributed by atoms with Gasteiger partial charge in [-0.2, -0.15) is 0 Å². The summed E-state index contributed by atoms with van der Waals surface area (Å²) in [7, 11) is 0. The van der Waals surface area contributed by atoms with Gasteiger partial charge in [-0.3, -0.25) is 4.90 Å². The summed E-state index contributed by atoms with van der Waals surface area (Å²) < 4.78 is 0. The van der Waals surface area contributed by atoms with Gasteiger partial charge in [-0.25, -0.2) is 4.98 Å². The molecule has 0 aromatic carbocycles. The molecule has 16 heavy (non-hydrogen) atoms. The molecule has 0 spiro atoms. The van der Waals surface area contributed by atoms with Crippen LogP contribution in [-0.2, 0) is 6.54 Å². The fourth-order valence-electron chi connectivity index (χ4n) is 2.60. The summed E-state index contributed by atoms with van der Waals surface area (Å²) in [6.07, 6.45) is 7.49. The molecule has 1 aliphatic rings. The van der Waals surface area contributed by atoms with Crippen LogP contribution in [0.3, 0.4) is 0 Å². The Labute approximate surface area is 97.2 Å². The normalized spacial score (nSPS) is 27.1. The Morgan fingerprint density at radius 2 is 2.50 bits per heavy atom. The molecule has 2 heterocycles. The number of hydrogen-bond donors (Lipinski definition) is 2. The lowest BCUT2D eigenvalue weighted by Gasteiger charge is -2.38. The van der Waals surface area contributed by atoms with E-state index in [2.05, 4.69) is 21.8 Å². The Morgan fingerprint density at radius 1 is 1.62 bits per heavy atom. The molecule has 1 aromatic heterocycles. The molecule has 1 saturated heterocycles. The molecule has 2 atom stereocenters. The summed E-state index contributed by atoms with van der Waals surface area (Å²) in [6, 6.07) is 0.544. The second-order valence-corrected chi connectivity index (χ2v) is 4.74. The molecule has 2 rings (SSSR count). The van der Waals surface area contributed by atoms with Gasteiger partial charge in [0.15, 0.2) is 0 Å². The van der Waals surface area contributed by atoms with Gasteiger partial charge in [0, 0.05) is 31.0 Å². The molecule has 0 saturated carbocycles. The highest BCUT2D eigenvalue weighted by atomic mass is 15.2. The van der Waals surface area contributed by atoms with E-state index < -0.39 is 0 Å². The molecule has 4 heteroatoms. The molecule has 4 nitrogen and oxygen atoms in total. The smallest absolute Gasteiger partial charge is 0.0922 e. The molecule has 2 unspecified atom stereocenters. The van der Waals surface area contributed by atoms with Gasteiger partial charge in [0.25, 0.3) is 0 Å². The minimum atomic E-state index is 0.544. The number of aromatic amines is 1. The molecule has 0 radical (unpaired) electrons. The molecule has 90 valence electrons. The second-order valence-electron chi connectivity index (χ2n) is 4.74. The topological polar surface area (TPSA) is 57.9 Å². The second kappa shape index (κ2) is 5.46. The van der Waals surface area contributed by atoms with E-state index in [-0.39, 0.29) is 0 Å². The highest BCUT2D eigenvalue weighted by molar-refractivity contribution is 4.96. The highest BCUT2D eigenvalue weighted by Crippen LogP contribution is 2.25. The van der Waals surface area contributed by atoms with E-state index in [4.69, 9.17) is 5.73 Å². The lowest BCUT2D eigenvalue weighted by Crippen LogP contribution is -2.46. The number of H-pyrrole nitrogens is 1. The monoisotopic (exact) mass is 222 g/mol. The van der Waals surface area contributed by atoms with Crippen molar-refractivity contribution in [3.8, 4) is 0 Å². The Morgan fingerprint density at radius 3 is 3.12 bits per heavy atom. The molecule has 0 bridgehead atoms. The van der Waals surface area contributed by atoms with Crippen molar-refractivity contribution in [2.45, 2.75) is 38.8 Å². The number of aromatic nitrogens is 2. The quantitative estimate of drug-likeness (QED) is 0.808. The van der Waals surface area contributed by atoms with Crippen molar-refractivity contribution in [3.63, 3.8) is 0 Å². The summed E-state index contributed by atoms with van der Waals surface area (Å²) in [4.78, 5) is 9.70. The number of imidazole rings is 1. The third-order valence-electron chi connectivity index (χ3n) is 3.72. The summed E-state index contributed by atoms with van der Waals surface area (Å²) in [6.45, 7) is 5.17. The van der Waals surface area contributed by atoms with E-state index in [1.807, 2.05) is 6.20 Å². The fourth-order valence-corrected chi connectivity index (χ4v) is 2.60. The maximum atomic E-state index is 5.87. The lowest BCUT2D eigenvalue weighted by molar-refractivity contribution is 0.106. The Balaban J connectivity index is 1.93. The zero-order valence-corrected chi connectivity index (χ0v) is 10.0. The van der Waals surface area contributed by atoms with Crippen molar-refractivity contribution >= 4 is 0 Å². The number of nitrogens with two attached hydrogens (primary N) is 1. The van der Waals surface area contributed by atoms with Gasteiger partial charge in [0.1, 0.15) is 0 Å².